The maximum atomic E-state index is 11.5. The summed E-state index contributed by atoms with van der Waals surface area (Å²) in [6.07, 6.45) is 21.2. The summed E-state index contributed by atoms with van der Waals surface area (Å²) in [6, 6.07) is 0.522. The van der Waals surface area contributed by atoms with Crippen LogP contribution in [0.5, 0.6) is 0 Å². The zero-order valence-electron chi connectivity index (χ0n) is 20.3. The summed E-state index contributed by atoms with van der Waals surface area (Å²) in [4.78, 5) is 7.59. The Hall–Kier alpha value is -0.490. The fourth-order valence-corrected chi connectivity index (χ4v) is 10.2. The van der Waals surface area contributed by atoms with Crippen LogP contribution in [-0.2, 0) is 0 Å². The maximum Gasteiger partial charge on any atom is 0.0871 e. The first kappa shape index (κ1) is 23.9. The van der Waals surface area contributed by atoms with Gasteiger partial charge in [0.25, 0.3) is 0 Å². The molecule has 4 bridgehead atoms. The lowest BCUT2D eigenvalue weighted by Crippen LogP contribution is -2.39. The maximum absolute atomic E-state index is 11.5. The van der Waals surface area contributed by atoms with Gasteiger partial charge in [-0.15, -0.1) is 0 Å². The van der Waals surface area contributed by atoms with Crippen LogP contribution in [0.2, 0.25) is 0 Å². The van der Waals surface area contributed by atoms with E-state index in [1.54, 1.807) is 0 Å². The molecule has 5 heteroatoms. The van der Waals surface area contributed by atoms with Crippen LogP contribution in [0.3, 0.4) is 0 Å². The van der Waals surface area contributed by atoms with Crippen molar-refractivity contribution in [3.63, 3.8) is 0 Å². The molecule has 6 unspecified atom stereocenters. The van der Waals surface area contributed by atoms with Crippen LogP contribution in [0.25, 0.3) is 0 Å². The van der Waals surface area contributed by atoms with Crippen LogP contribution in [0.15, 0.2) is 49.4 Å². The minimum absolute atomic E-state index is 0.0276. The molecule has 0 radical (unpaired) electrons. The summed E-state index contributed by atoms with van der Waals surface area (Å²) in [5.41, 5.74) is 2.94. The van der Waals surface area contributed by atoms with Crippen molar-refractivity contribution in [1.82, 2.24) is 4.90 Å². The number of likely N-dealkylation sites (tertiary alicyclic amines) is 1. The van der Waals surface area contributed by atoms with Crippen LogP contribution in [0, 0.1) is 35.0 Å². The van der Waals surface area contributed by atoms with Crippen molar-refractivity contribution in [2.45, 2.75) is 70.4 Å². The highest BCUT2D eigenvalue weighted by Crippen LogP contribution is 2.67. The van der Waals surface area contributed by atoms with Crippen molar-refractivity contribution < 1.29 is 5.11 Å². The molecular weight excluding hydrogens is 552 g/mol. The zero-order chi connectivity index (χ0) is 23.4. The molecule has 0 spiro atoms. The molecule has 0 amide bonds. The topological polar surface area (TPSA) is 35.8 Å². The third-order valence-corrected chi connectivity index (χ3v) is 10.8. The van der Waals surface area contributed by atoms with Gasteiger partial charge in [-0.25, -0.2) is 0 Å². The molecule has 0 aromatic rings. The van der Waals surface area contributed by atoms with Crippen LogP contribution >= 0.6 is 31.9 Å². The fourth-order valence-electron chi connectivity index (χ4n) is 8.59. The summed E-state index contributed by atoms with van der Waals surface area (Å²) in [5.74, 6) is 3.34. The Morgan fingerprint density at radius 2 is 1.94 bits per heavy atom. The predicted molar refractivity (Wildman–Crippen MR) is 147 cm³/mol. The SMILES string of the molecule is CC1=CC(C=NCC2CCCN2CC2C=C(Br)C=C(Br)C2)C(O)C(C23CC4CC(C2)C(C4)C3)=C1. The number of allylic oxidation sites excluding steroid dienone is 5. The average Bonchev–Trinajstić information content (AvgIpc) is 3.40. The molecule has 4 saturated carbocycles. The van der Waals surface area contributed by atoms with Gasteiger partial charge in [0.2, 0.25) is 0 Å². The van der Waals surface area contributed by atoms with Gasteiger partial charge >= 0.3 is 0 Å². The lowest BCUT2D eigenvalue weighted by atomic mass is 9.62. The molecule has 34 heavy (non-hydrogen) atoms. The first-order valence-electron chi connectivity index (χ1n) is 13.4. The van der Waals surface area contributed by atoms with Gasteiger partial charge in [-0.1, -0.05) is 55.7 Å². The summed E-state index contributed by atoms with van der Waals surface area (Å²) in [7, 11) is 0. The summed E-state index contributed by atoms with van der Waals surface area (Å²) in [6.45, 7) is 5.33. The molecule has 7 rings (SSSR count). The van der Waals surface area contributed by atoms with Crippen LogP contribution in [0.4, 0.5) is 0 Å². The molecule has 6 atom stereocenters. The van der Waals surface area contributed by atoms with Gasteiger partial charge in [-0.2, -0.15) is 0 Å². The minimum Gasteiger partial charge on any atom is -0.388 e. The second-order valence-corrected chi connectivity index (χ2v) is 14.1. The van der Waals surface area contributed by atoms with E-state index in [2.05, 4.69) is 74.2 Å². The second kappa shape index (κ2) is 9.43. The van der Waals surface area contributed by atoms with Crippen molar-refractivity contribution in [3.8, 4) is 0 Å². The van der Waals surface area contributed by atoms with Crippen molar-refractivity contribution in [2.75, 3.05) is 19.6 Å². The molecule has 3 nitrogen and oxygen atoms in total. The standard InChI is InChI=1S/C29H38Br2N2O/c1-18-5-23(28(34)27(6-18)29-12-19-7-21(13-29)22(8-19)14-29)15-32-16-26-3-2-4-33(26)17-20-9-24(30)11-25(31)10-20/h5-6,9,11,15,19-23,26,28,34H,2-4,7-8,10,12-14,16-17H2,1H3. The lowest BCUT2D eigenvalue weighted by Gasteiger charge is -2.44. The predicted octanol–water partition coefficient (Wildman–Crippen LogP) is 6.79. The van der Waals surface area contributed by atoms with Gasteiger partial charge in [0.1, 0.15) is 0 Å². The molecule has 5 fully saturated rings. The number of rotatable bonds is 6. The molecule has 184 valence electrons. The van der Waals surface area contributed by atoms with E-state index in [0.717, 1.165) is 37.3 Å². The summed E-state index contributed by atoms with van der Waals surface area (Å²) in [5, 5.41) is 11.5. The number of nitrogens with zero attached hydrogens (tertiary/aromatic N) is 2. The smallest absolute Gasteiger partial charge is 0.0871 e. The molecule has 1 N–H and O–H groups in total. The Morgan fingerprint density at radius 3 is 2.68 bits per heavy atom. The third kappa shape index (κ3) is 4.53. The normalized spacial score (nSPS) is 43.9. The quantitative estimate of drug-likeness (QED) is 0.346. The van der Waals surface area contributed by atoms with Gasteiger partial charge in [-0.05, 0) is 110 Å². The van der Waals surface area contributed by atoms with Crippen molar-refractivity contribution >= 4 is 38.1 Å². The summed E-state index contributed by atoms with van der Waals surface area (Å²) < 4.78 is 2.46. The molecule has 0 aromatic carbocycles. The van der Waals surface area contributed by atoms with E-state index in [9.17, 15) is 5.11 Å². The Bertz CT molecular complexity index is 959. The van der Waals surface area contributed by atoms with E-state index >= 15 is 0 Å². The molecule has 1 aliphatic heterocycles. The van der Waals surface area contributed by atoms with Crippen LogP contribution in [-0.4, -0.2) is 48.0 Å². The first-order valence-corrected chi connectivity index (χ1v) is 15.0. The van der Waals surface area contributed by atoms with Gasteiger partial charge in [0, 0.05) is 29.2 Å². The highest BCUT2D eigenvalue weighted by molar-refractivity contribution is 9.12. The van der Waals surface area contributed by atoms with Crippen LogP contribution in [0.1, 0.15) is 58.3 Å². The van der Waals surface area contributed by atoms with Gasteiger partial charge in [0.05, 0.1) is 12.6 Å². The molecule has 0 aromatic heterocycles. The Balaban J connectivity index is 1.09. The van der Waals surface area contributed by atoms with Gasteiger partial charge in [0.15, 0.2) is 0 Å². The van der Waals surface area contributed by atoms with Crippen molar-refractivity contribution in [2.24, 2.45) is 40.0 Å². The Kier molecular flexibility index (Phi) is 6.62. The first-order chi connectivity index (χ1) is 16.4. The van der Waals surface area contributed by atoms with E-state index in [-0.39, 0.29) is 11.3 Å². The number of aliphatic imine (C=N–C) groups is 1. The number of hydrogen-bond donors (Lipinski definition) is 1. The number of aliphatic hydroxyl groups excluding tert-OH is 1. The van der Waals surface area contributed by atoms with Crippen molar-refractivity contribution in [3.05, 3.63) is 44.4 Å². The summed E-state index contributed by atoms with van der Waals surface area (Å²) >= 11 is 7.35. The zero-order valence-corrected chi connectivity index (χ0v) is 23.5. The number of halogens is 2. The Morgan fingerprint density at radius 1 is 1.15 bits per heavy atom. The Labute approximate surface area is 221 Å². The average molecular weight is 590 g/mol. The van der Waals surface area contributed by atoms with E-state index in [4.69, 9.17) is 4.99 Å². The highest BCUT2D eigenvalue weighted by atomic mass is 79.9. The molecule has 7 aliphatic rings. The van der Waals surface area contributed by atoms with Gasteiger partial charge in [-0.3, -0.25) is 9.89 Å². The third-order valence-electron chi connectivity index (χ3n) is 9.77. The minimum atomic E-state index is -0.391. The largest absolute Gasteiger partial charge is 0.388 e. The lowest BCUT2D eigenvalue weighted by molar-refractivity contribution is 0.112. The van der Waals surface area contributed by atoms with E-state index in [1.807, 2.05) is 0 Å². The second-order valence-electron chi connectivity index (χ2n) is 12.2. The van der Waals surface area contributed by atoms with E-state index < -0.39 is 6.10 Å². The highest BCUT2D eigenvalue weighted by Gasteiger charge is 2.58. The molecule has 1 heterocycles. The number of aliphatic hydroxyl groups is 1. The monoisotopic (exact) mass is 588 g/mol. The van der Waals surface area contributed by atoms with Crippen molar-refractivity contribution in [1.29, 1.82) is 0 Å². The molecule has 1 saturated heterocycles. The molecule has 6 aliphatic carbocycles. The molecular formula is C29H38Br2N2O. The van der Waals surface area contributed by atoms with Gasteiger partial charge < -0.3 is 5.11 Å². The van der Waals surface area contributed by atoms with E-state index in [0.29, 0.717) is 12.0 Å². The van der Waals surface area contributed by atoms with Crippen LogP contribution < -0.4 is 0 Å². The number of hydrogen-bond acceptors (Lipinski definition) is 3. The van der Waals surface area contributed by atoms with E-state index in [1.165, 1.54) is 71.6 Å². The fraction of sp³-hybridized carbons (Fsp3) is 0.690.